The smallest absolute Gasteiger partial charge is 0.407 e. The van der Waals surface area contributed by atoms with Gasteiger partial charge < -0.3 is 30.2 Å². The predicted octanol–water partition coefficient (Wildman–Crippen LogP) is 9.76. The molecule has 3 aromatic carbocycles. The van der Waals surface area contributed by atoms with Gasteiger partial charge in [-0.15, -0.1) is 0 Å². The second-order valence-corrected chi connectivity index (χ2v) is 18.6. The molecule has 4 unspecified atom stereocenters. The summed E-state index contributed by atoms with van der Waals surface area (Å²) in [7, 11) is 1.31. The molecule has 2 aliphatic carbocycles. The predicted molar refractivity (Wildman–Crippen MR) is 247 cm³/mol. The fraction of sp³-hybridized carbons (Fsp3) is 0.510. The number of rotatable bonds is 13. The lowest BCUT2D eigenvalue weighted by Gasteiger charge is -2.31. The number of hydrogen-bond donors (Lipinski definition) is 3. The minimum absolute atomic E-state index is 0.00592. The first kappa shape index (κ1) is 43.2. The largest absolute Gasteiger partial charge is 0.453 e. The molecule has 0 radical (unpaired) electrons. The molecule has 4 aliphatic rings. The number of nitrogens with one attached hydrogen (secondary N) is 3. The second-order valence-electron chi connectivity index (χ2n) is 18.6. The molecule has 11 heteroatoms. The number of fused-ring (bicyclic) bond motifs is 3. The molecular formula is C51H65N7O4. The third-order valence-corrected chi connectivity index (χ3v) is 14.4. The van der Waals surface area contributed by atoms with E-state index in [9.17, 15) is 14.4 Å². The molecule has 2 saturated heterocycles. The normalized spacial score (nSPS) is 20.5. The van der Waals surface area contributed by atoms with Gasteiger partial charge in [0.25, 0.3) is 0 Å². The second kappa shape index (κ2) is 18.5. The third kappa shape index (κ3) is 8.51. The highest BCUT2D eigenvalue weighted by molar-refractivity contribution is 5.95. The standard InChI is InChI=1S/C51H65N7O4/c1-7-33(5)29-44(59)57-27-11-14-43(57)48-54-40-22-19-36(30-41(40)55-48)37-20-21-38(45-39(37)23-26-51(45)24-9-10-25-51)35-17-15-34(16-18-35)31-53-47(52-8-2)42-13-12-28-58(42)49(60)46(32(3)4)56-50(61)62-6/h8,15-22,30,32-33,42-43,46H,2,7,9-14,23-29,31H2,1,3-6H3,(H,52,53)(H,54,55)(H,56,61). The summed E-state index contributed by atoms with van der Waals surface area (Å²) in [5.74, 6) is 1.98. The SMILES string of the molecule is C=CNC(=NCc1ccc(-c2ccc(-c3ccc4nc(C5CCCN5C(=O)CC(C)CC)[nH]c4c3)c3c2C2(CCCC2)CC3)cc1)C1CCCN1C(=O)C(NC(=O)OC)C(C)C. The van der Waals surface area contributed by atoms with Gasteiger partial charge in [-0.25, -0.2) is 9.78 Å². The van der Waals surface area contributed by atoms with Crippen LogP contribution in [0.3, 0.4) is 0 Å². The number of H-pyrrole nitrogens is 1. The Morgan fingerprint density at radius 1 is 0.952 bits per heavy atom. The van der Waals surface area contributed by atoms with Gasteiger partial charge in [0, 0.05) is 19.5 Å². The van der Waals surface area contributed by atoms with E-state index in [1.54, 1.807) is 6.20 Å². The number of amidine groups is 1. The molecule has 3 fully saturated rings. The Balaban J connectivity index is 1.04. The molecule has 62 heavy (non-hydrogen) atoms. The van der Waals surface area contributed by atoms with E-state index in [0.717, 1.165) is 67.5 Å². The van der Waals surface area contributed by atoms with Crippen LogP contribution < -0.4 is 10.6 Å². The lowest BCUT2D eigenvalue weighted by Crippen LogP contribution is -2.54. The van der Waals surface area contributed by atoms with Crippen LogP contribution in [-0.4, -0.2) is 75.8 Å². The number of aromatic nitrogens is 2. The first-order valence-electron chi connectivity index (χ1n) is 23.2. The summed E-state index contributed by atoms with van der Waals surface area (Å²) in [5, 5.41) is 5.97. The lowest BCUT2D eigenvalue weighted by molar-refractivity contribution is -0.134. The Bertz CT molecular complexity index is 2320. The van der Waals surface area contributed by atoms with Gasteiger partial charge in [-0.05, 0) is 126 Å². The zero-order chi connectivity index (χ0) is 43.5. The van der Waals surface area contributed by atoms with Gasteiger partial charge in [0.2, 0.25) is 11.8 Å². The van der Waals surface area contributed by atoms with Crippen LogP contribution in [0.25, 0.3) is 33.3 Å². The van der Waals surface area contributed by atoms with Crippen molar-refractivity contribution in [2.75, 3.05) is 20.2 Å². The number of carbonyl (C=O) groups excluding carboxylic acids is 3. The number of carbonyl (C=O) groups is 3. The van der Waals surface area contributed by atoms with E-state index in [2.05, 4.69) is 95.5 Å². The van der Waals surface area contributed by atoms with Gasteiger partial charge in [-0.3, -0.25) is 14.6 Å². The Kier molecular flexibility index (Phi) is 12.9. The number of nitrogens with zero attached hydrogens (tertiary/aromatic N) is 4. The maximum Gasteiger partial charge on any atom is 0.407 e. The highest BCUT2D eigenvalue weighted by Crippen LogP contribution is 2.55. The van der Waals surface area contributed by atoms with Crippen molar-refractivity contribution in [1.29, 1.82) is 0 Å². The van der Waals surface area contributed by atoms with Gasteiger partial charge in [0.05, 0.1) is 36.8 Å². The fourth-order valence-electron chi connectivity index (χ4n) is 10.8. The Labute approximate surface area is 367 Å². The number of aromatic amines is 1. The lowest BCUT2D eigenvalue weighted by atomic mass is 9.76. The van der Waals surface area contributed by atoms with E-state index in [0.29, 0.717) is 31.3 Å². The first-order chi connectivity index (χ1) is 30.0. The van der Waals surface area contributed by atoms with E-state index in [-0.39, 0.29) is 35.2 Å². The van der Waals surface area contributed by atoms with Crippen LogP contribution in [0.2, 0.25) is 0 Å². The van der Waals surface area contributed by atoms with E-state index < -0.39 is 12.1 Å². The van der Waals surface area contributed by atoms with Crippen LogP contribution in [0.1, 0.15) is 127 Å². The van der Waals surface area contributed by atoms with Crippen molar-refractivity contribution >= 4 is 34.8 Å². The Morgan fingerprint density at radius 2 is 1.68 bits per heavy atom. The molecule has 2 aliphatic heterocycles. The maximum atomic E-state index is 13.8. The van der Waals surface area contributed by atoms with Gasteiger partial charge >= 0.3 is 6.09 Å². The van der Waals surface area contributed by atoms with Crippen molar-refractivity contribution in [1.82, 2.24) is 30.4 Å². The van der Waals surface area contributed by atoms with E-state index in [4.69, 9.17) is 14.7 Å². The number of alkyl carbamates (subject to hydrolysis) is 1. The number of benzene rings is 3. The summed E-state index contributed by atoms with van der Waals surface area (Å²) < 4.78 is 4.81. The maximum absolute atomic E-state index is 13.8. The molecule has 4 aromatic rings. The summed E-state index contributed by atoms with van der Waals surface area (Å²) >= 11 is 0. The van der Waals surface area contributed by atoms with Crippen molar-refractivity contribution in [2.45, 2.75) is 135 Å². The van der Waals surface area contributed by atoms with E-state index in [1.807, 2.05) is 18.7 Å². The number of ether oxygens (including phenoxy) is 1. The Hall–Kier alpha value is -5.45. The van der Waals surface area contributed by atoms with Crippen LogP contribution >= 0.6 is 0 Å². The van der Waals surface area contributed by atoms with Crippen LogP contribution in [0.4, 0.5) is 4.79 Å². The molecule has 11 nitrogen and oxygen atoms in total. The molecule has 1 aromatic heterocycles. The summed E-state index contributed by atoms with van der Waals surface area (Å²) in [6.07, 6.45) is 13.4. The minimum atomic E-state index is -0.695. The van der Waals surface area contributed by atoms with Crippen LogP contribution in [0.15, 0.2) is 72.4 Å². The summed E-state index contributed by atoms with van der Waals surface area (Å²) in [4.78, 5) is 56.7. The molecule has 1 saturated carbocycles. The number of likely N-dealkylation sites (tertiary alicyclic amines) is 2. The summed E-state index contributed by atoms with van der Waals surface area (Å²) in [5.41, 5.74) is 11.4. The van der Waals surface area contributed by atoms with Crippen LogP contribution in [-0.2, 0) is 32.7 Å². The minimum Gasteiger partial charge on any atom is -0.453 e. The molecule has 0 bridgehead atoms. The molecule has 3 amide bonds. The number of hydrogen-bond acceptors (Lipinski definition) is 6. The zero-order valence-electron chi connectivity index (χ0n) is 37.4. The quantitative estimate of drug-likeness (QED) is 0.0908. The first-order valence-corrected chi connectivity index (χ1v) is 23.2. The average molecular weight is 840 g/mol. The Morgan fingerprint density at radius 3 is 2.40 bits per heavy atom. The van der Waals surface area contributed by atoms with Crippen molar-refractivity contribution in [3.8, 4) is 22.3 Å². The topological polar surface area (TPSA) is 132 Å². The highest BCUT2D eigenvalue weighted by atomic mass is 16.5. The fourth-order valence-corrected chi connectivity index (χ4v) is 10.8. The number of methoxy groups -OCH3 is 1. The van der Waals surface area contributed by atoms with Gasteiger partial charge in [0.15, 0.2) is 0 Å². The van der Waals surface area contributed by atoms with Crippen LogP contribution in [0.5, 0.6) is 0 Å². The van der Waals surface area contributed by atoms with Crippen molar-refractivity contribution in [2.24, 2.45) is 16.8 Å². The monoisotopic (exact) mass is 840 g/mol. The molecule has 3 heterocycles. The van der Waals surface area contributed by atoms with Crippen molar-refractivity contribution < 1.29 is 19.1 Å². The van der Waals surface area contributed by atoms with Gasteiger partial charge in [-0.1, -0.05) is 96.0 Å². The number of amides is 3. The number of aliphatic imine (C=N–C) groups is 1. The molecule has 4 atom stereocenters. The van der Waals surface area contributed by atoms with E-state index in [1.165, 1.54) is 72.6 Å². The molecule has 8 rings (SSSR count). The third-order valence-electron chi connectivity index (χ3n) is 14.4. The number of imidazole rings is 1. The van der Waals surface area contributed by atoms with Crippen molar-refractivity contribution in [3.05, 3.63) is 89.9 Å². The molecular weight excluding hydrogens is 775 g/mol. The summed E-state index contributed by atoms with van der Waals surface area (Å²) in [6.45, 7) is 13.9. The molecule has 1 spiro atoms. The zero-order valence-corrected chi connectivity index (χ0v) is 37.4. The summed E-state index contributed by atoms with van der Waals surface area (Å²) in [6, 6.07) is 19.3. The average Bonchev–Trinajstić information content (AvgIpc) is 4.15. The van der Waals surface area contributed by atoms with Crippen molar-refractivity contribution in [3.63, 3.8) is 0 Å². The van der Waals surface area contributed by atoms with Gasteiger partial charge in [0.1, 0.15) is 17.7 Å². The molecule has 328 valence electrons. The van der Waals surface area contributed by atoms with E-state index >= 15 is 0 Å². The molecule has 3 N–H and O–H groups in total. The highest BCUT2D eigenvalue weighted by Gasteiger charge is 2.44. The van der Waals surface area contributed by atoms with Crippen LogP contribution in [0, 0.1) is 11.8 Å². The van der Waals surface area contributed by atoms with Gasteiger partial charge in [-0.2, -0.15) is 0 Å².